The average molecular weight is 325 g/mol. The van der Waals surface area contributed by atoms with Crippen molar-refractivity contribution in [2.24, 2.45) is 0 Å². The zero-order valence-electron chi connectivity index (χ0n) is 14.0. The molecule has 0 radical (unpaired) electrons. The smallest absolute Gasteiger partial charge is 0.240 e. The number of nitrogens with one attached hydrogen (secondary N) is 1. The first-order valence-corrected chi connectivity index (χ1v) is 8.37. The van der Waals surface area contributed by atoms with Crippen LogP contribution in [0.1, 0.15) is 30.7 Å². The Morgan fingerprint density at radius 1 is 1.25 bits per heavy atom. The van der Waals surface area contributed by atoms with E-state index in [4.69, 9.17) is 0 Å². The Morgan fingerprint density at radius 3 is 2.75 bits per heavy atom. The second-order valence-electron chi connectivity index (χ2n) is 6.15. The highest BCUT2D eigenvalue weighted by Crippen LogP contribution is 2.36. The van der Waals surface area contributed by atoms with E-state index in [2.05, 4.69) is 25.2 Å². The normalized spacial score (nSPS) is 20.4. The Balaban J connectivity index is 1.65. The summed E-state index contributed by atoms with van der Waals surface area (Å²) < 4.78 is 0. The van der Waals surface area contributed by atoms with Gasteiger partial charge in [0.25, 0.3) is 0 Å². The number of likely N-dealkylation sites (tertiary alicyclic amines) is 1. The highest BCUT2D eigenvalue weighted by atomic mass is 16.2. The quantitative estimate of drug-likeness (QED) is 0.837. The van der Waals surface area contributed by atoms with Crippen LogP contribution >= 0.6 is 0 Å². The molecule has 6 nitrogen and oxygen atoms in total. The van der Waals surface area contributed by atoms with E-state index in [1.54, 1.807) is 31.8 Å². The van der Waals surface area contributed by atoms with Crippen molar-refractivity contribution in [2.45, 2.75) is 37.8 Å². The van der Waals surface area contributed by atoms with Gasteiger partial charge in [-0.2, -0.15) is 0 Å². The van der Waals surface area contributed by atoms with Crippen LogP contribution in [0.3, 0.4) is 0 Å². The van der Waals surface area contributed by atoms with Gasteiger partial charge in [-0.25, -0.2) is 0 Å². The molecule has 1 saturated heterocycles. The number of carbonyl (C=O) groups is 1. The molecule has 3 heterocycles. The lowest BCUT2D eigenvalue weighted by atomic mass is 9.78. The Hall–Kier alpha value is -2.34. The average Bonchev–Trinajstić information content (AvgIpc) is 2.63. The number of amides is 1. The summed E-state index contributed by atoms with van der Waals surface area (Å²) in [7, 11) is 1.71. The van der Waals surface area contributed by atoms with Crippen molar-refractivity contribution in [3.8, 4) is 0 Å². The molecule has 126 valence electrons. The fourth-order valence-electron chi connectivity index (χ4n) is 3.36. The van der Waals surface area contributed by atoms with Crippen molar-refractivity contribution >= 4 is 5.91 Å². The maximum Gasteiger partial charge on any atom is 0.240 e. The lowest BCUT2D eigenvalue weighted by Gasteiger charge is -2.51. The summed E-state index contributed by atoms with van der Waals surface area (Å²) >= 11 is 0. The van der Waals surface area contributed by atoms with Crippen LogP contribution in [-0.4, -0.2) is 44.9 Å². The monoisotopic (exact) mass is 325 g/mol. The Bertz CT molecular complexity index is 664. The van der Waals surface area contributed by atoms with E-state index in [1.807, 2.05) is 18.2 Å². The topological polar surface area (TPSA) is 71.0 Å². The number of rotatable bonds is 7. The third-order valence-corrected chi connectivity index (χ3v) is 4.77. The van der Waals surface area contributed by atoms with Gasteiger partial charge in [-0.3, -0.25) is 24.6 Å². The lowest BCUT2D eigenvalue weighted by Crippen LogP contribution is -2.66. The van der Waals surface area contributed by atoms with Crippen molar-refractivity contribution in [1.29, 1.82) is 0 Å². The summed E-state index contributed by atoms with van der Waals surface area (Å²) in [5.74, 6) is 0.101. The minimum atomic E-state index is -0.422. The molecule has 1 N–H and O–H groups in total. The minimum absolute atomic E-state index is 0.101. The Morgan fingerprint density at radius 2 is 2.12 bits per heavy atom. The van der Waals surface area contributed by atoms with Crippen LogP contribution in [-0.2, 0) is 17.8 Å². The van der Waals surface area contributed by atoms with Crippen LogP contribution < -0.4 is 5.32 Å². The number of hydrogen-bond donors (Lipinski definition) is 1. The molecule has 0 saturated carbocycles. The number of likely N-dealkylation sites (N-methyl/N-ethyl adjacent to an activating group) is 1. The zero-order chi connectivity index (χ0) is 16.8. The van der Waals surface area contributed by atoms with E-state index in [1.165, 1.54) is 0 Å². The van der Waals surface area contributed by atoms with E-state index in [0.717, 1.165) is 43.6 Å². The number of hydrogen-bond acceptors (Lipinski definition) is 5. The fraction of sp³-hybridized carbons (Fsp3) is 0.444. The first kappa shape index (κ1) is 16.5. The molecule has 1 unspecified atom stereocenters. The van der Waals surface area contributed by atoms with Crippen molar-refractivity contribution < 1.29 is 4.79 Å². The Kier molecular flexibility index (Phi) is 5.15. The van der Waals surface area contributed by atoms with Gasteiger partial charge in [0.1, 0.15) is 5.54 Å². The molecule has 0 bridgehead atoms. The number of aromatic nitrogens is 3. The highest BCUT2D eigenvalue weighted by molar-refractivity contribution is 5.87. The van der Waals surface area contributed by atoms with Crippen LogP contribution in [0.25, 0.3) is 0 Å². The van der Waals surface area contributed by atoms with Crippen molar-refractivity contribution in [2.75, 3.05) is 13.6 Å². The molecule has 0 aliphatic carbocycles. The van der Waals surface area contributed by atoms with Gasteiger partial charge in [0.15, 0.2) is 0 Å². The number of nitrogens with zero attached hydrogens (tertiary/aromatic N) is 4. The highest BCUT2D eigenvalue weighted by Gasteiger charge is 2.49. The van der Waals surface area contributed by atoms with Gasteiger partial charge >= 0.3 is 0 Å². The SMILES string of the molecule is CNC(=O)C1(CCCc2cnccn2)CCN1Cc1ccccn1. The molecule has 1 aliphatic heterocycles. The summed E-state index contributed by atoms with van der Waals surface area (Å²) in [5, 5.41) is 2.84. The van der Waals surface area contributed by atoms with Gasteiger partial charge in [0.05, 0.1) is 11.4 Å². The molecule has 2 aromatic rings. The van der Waals surface area contributed by atoms with Gasteiger partial charge in [0.2, 0.25) is 5.91 Å². The van der Waals surface area contributed by atoms with Crippen LogP contribution in [0.4, 0.5) is 0 Å². The predicted octanol–water partition coefficient (Wildman–Crippen LogP) is 1.58. The summed E-state index contributed by atoms with van der Waals surface area (Å²) in [6.07, 6.45) is 10.4. The van der Waals surface area contributed by atoms with E-state index in [-0.39, 0.29) is 5.91 Å². The largest absolute Gasteiger partial charge is 0.358 e. The van der Waals surface area contributed by atoms with Gasteiger partial charge in [-0.15, -0.1) is 0 Å². The third kappa shape index (κ3) is 3.43. The lowest BCUT2D eigenvalue weighted by molar-refractivity contribution is -0.144. The van der Waals surface area contributed by atoms with Crippen LogP contribution in [0.2, 0.25) is 0 Å². The van der Waals surface area contributed by atoms with Crippen molar-refractivity contribution in [3.05, 3.63) is 54.4 Å². The first-order chi connectivity index (χ1) is 11.7. The molecule has 6 heteroatoms. The molecule has 2 aromatic heterocycles. The van der Waals surface area contributed by atoms with Crippen LogP contribution in [0.5, 0.6) is 0 Å². The standard InChI is InChI=1S/C18H23N5O/c1-19-17(24)18(7-4-6-15-13-20-10-11-22-15)8-12-23(18)14-16-5-2-3-9-21-16/h2-3,5,9-11,13H,4,6-8,12,14H2,1H3,(H,19,24). The summed E-state index contributed by atoms with van der Waals surface area (Å²) in [6, 6.07) is 5.90. The molecule has 1 atom stereocenters. The summed E-state index contributed by atoms with van der Waals surface area (Å²) in [6.45, 7) is 1.63. The molecule has 1 fully saturated rings. The molecule has 24 heavy (non-hydrogen) atoms. The first-order valence-electron chi connectivity index (χ1n) is 8.37. The van der Waals surface area contributed by atoms with Crippen molar-refractivity contribution in [1.82, 2.24) is 25.2 Å². The molecule has 0 spiro atoms. The van der Waals surface area contributed by atoms with Gasteiger partial charge < -0.3 is 5.32 Å². The number of pyridine rings is 1. The predicted molar refractivity (Wildman–Crippen MR) is 91.0 cm³/mol. The van der Waals surface area contributed by atoms with Gasteiger partial charge in [-0.1, -0.05) is 6.07 Å². The maximum absolute atomic E-state index is 12.6. The van der Waals surface area contributed by atoms with Gasteiger partial charge in [-0.05, 0) is 37.8 Å². The Labute approximate surface area is 142 Å². The van der Waals surface area contributed by atoms with Crippen LogP contribution in [0.15, 0.2) is 43.0 Å². The minimum Gasteiger partial charge on any atom is -0.358 e. The third-order valence-electron chi connectivity index (χ3n) is 4.77. The molecular weight excluding hydrogens is 302 g/mol. The molecule has 0 aromatic carbocycles. The molecule has 3 rings (SSSR count). The van der Waals surface area contributed by atoms with E-state index in [9.17, 15) is 4.79 Å². The van der Waals surface area contributed by atoms with Gasteiger partial charge in [0, 0.05) is 44.9 Å². The summed E-state index contributed by atoms with van der Waals surface area (Å²) in [5.41, 5.74) is 1.55. The van der Waals surface area contributed by atoms with Crippen LogP contribution in [0, 0.1) is 0 Å². The second-order valence-corrected chi connectivity index (χ2v) is 6.15. The number of aryl methyl sites for hydroxylation is 1. The second kappa shape index (κ2) is 7.49. The number of carbonyl (C=O) groups excluding carboxylic acids is 1. The molecule has 1 amide bonds. The van der Waals surface area contributed by atoms with E-state index < -0.39 is 5.54 Å². The summed E-state index contributed by atoms with van der Waals surface area (Å²) in [4.78, 5) is 27.6. The van der Waals surface area contributed by atoms with E-state index >= 15 is 0 Å². The fourth-order valence-corrected chi connectivity index (χ4v) is 3.36. The van der Waals surface area contributed by atoms with E-state index in [0.29, 0.717) is 6.54 Å². The van der Waals surface area contributed by atoms with Crippen molar-refractivity contribution in [3.63, 3.8) is 0 Å². The maximum atomic E-state index is 12.6. The zero-order valence-corrected chi connectivity index (χ0v) is 14.0. The molecule has 1 aliphatic rings. The molecular formula is C18H23N5O.